The van der Waals surface area contributed by atoms with E-state index in [-0.39, 0.29) is 5.92 Å². The highest BCUT2D eigenvalue weighted by Gasteiger charge is 2.30. The molecule has 3 heterocycles. The van der Waals surface area contributed by atoms with Gasteiger partial charge in [0.2, 0.25) is 5.91 Å². The smallest absolute Gasteiger partial charge is 0.226 e. The van der Waals surface area contributed by atoms with Crippen molar-refractivity contribution in [2.75, 3.05) is 24.5 Å². The van der Waals surface area contributed by atoms with E-state index in [1.165, 1.54) is 11.1 Å². The van der Waals surface area contributed by atoms with Crippen LogP contribution in [0.3, 0.4) is 0 Å². The molecule has 5 rings (SSSR count). The van der Waals surface area contributed by atoms with Crippen molar-refractivity contribution in [3.8, 4) is 11.3 Å². The summed E-state index contributed by atoms with van der Waals surface area (Å²) in [5.41, 5.74) is 4.71. The number of carbonyl (C=O) groups is 1. The van der Waals surface area contributed by atoms with Crippen LogP contribution < -0.4 is 4.90 Å². The second kappa shape index (κ2) is 8.27. The zero-order valence-corrected chi connectivity index (χ0v) is 17.1. The third-order valence-corrected chi connectivity index (χ3v) is 6.33. The van der Waals surface area contributed by atoms with E-state index in [1.54, 1.807) is 6.33 Å². The topological polar surface area (TPSA) is 49.3 Å². The predicted octanol–water partition coefficient (Wildman–Crippen LogP) is 3.94. The number of amides is 1. The van der Waals surface area contributed by atoms with E-state index >= 15 is 0 Å². The van der Waals surface area contributed by atoms with Gasteiger partial charge in [-0.1, -0.05) is 54.6 Å². The summed E-state index contributed by atoms with van der Waals surface area (Å²) in [7, 11) is 0. The molecular formula is C25H26N4O. The molecule has 1 fully saturated rings. The van der Waals surface area contributed by atoms with Crippen molar-refractivity contribution in [3.05, 3.63) is 78.1 Å². The lowest BCUT2D eigenvalue weighted by Crippen LogP contribution is -2.44. The lowest BCUT2D eigenvalue weighted by Gasteiger charge is -2.36. The van der Waals surface area contributed by atoms with Crippen molar-refractivity contribution in [1.29, 1.82) is 0 Å². The van der Waals surface area contributed by atoms with E-state index in [0.29, 0.717) is 5.91 Å². The highest BCUT2D eigenvalue weighted by molar-refractivity contribution is 5.79. The summed E-state index contributed by atoms with van der Waals surface area (Å²) in [6.45, 7) is 3.29. The number of anilines is 1. The Kier molecular flexibility index (Phi) is 5.18. The highest BCUT2D eigenvalue weighted by atomic mass is 16.2. The normalized spacial score (nSPS) is 16.9. The molecule has 30 heavy (non-hydrogen) atoms. The summed E-state index contributed by atoms with van der Waals surface area (Å²) in [5.74, 6) is 1.38. The fraction of sp³-hybridized carbons (Fsp3) is 0.320. The van der Waals surface area contributed by atoms with Crippen LogP contribution in [0.4, 0.5) is 5.82 Å². The molecule has 0 radical (unpaired) electrons. The van der Waals surface area contributed by atoms with Crippen LogP contribution in [-0.4, -0.2) is 40.4 Å². The van der Waals surface area contributed by atoms with Gasteiger partial charge in [-0.2, -0.15) is 0 Å². The molecule has 0 unspecified atom stereocenters. The van der Waals surface area contributed by atoms with Gasteiger partial charge in [0.15, 0.2) is 0 Å². The molecule has 152 valence electrons. The minimum absolute atomic E-state index is 0.113. The summed E-state index contributed by atoms with van der Waals surface area (Å²) in [4.78, 5) is 26.4. The van der Waals surface area contributed by atoms with Gasteiger partial charge in [-0.05, 0) is 30.4 Å². The molecule has 3 aromatic rings. The molecule has 2 aliphatic rings. The summed E-state index contributed by atoms with van der Waals surface area (Å²) in [5, 5.41) is 0. The van der Waals surface area contributed by atoms with Gasteiger partial charge in [-0.25, -0.2) is 9.97 Å². The summed E-state index contributed by atoms with van der Waals surface area (Å²) >= 11 is 0. The van der Waals surface area contributed by atoms with Crippen LogP contribution in [0.5, 0.6) is 0 Å². The van der Waals surface area contributed by atoms with E-state index in [2.05, 4.69) is 62.2 Å². The van der Waals surface area contributed by atoms with Gasteiger partial charge in [-0.15, -0.1) is 0 Å². The maximum atomic E-state index is 13.1. The van der Waals surface area contributed by atoms with Crippen LogP contribution in [0.25, 0.3) is 11.3 Å². The average molecular weight is 399 g/mol. The van der Waals surface area contributed by atoms with Crippen molar-refractivity contribution in [2.24, 2.45) is 5.92 Å². The second-order valence-electron chi connectivity index (χ2n) is 8.17. The summed E-state index contributed by atoms with van der Waals surface area (Å²) < 4.78 is 0. The Bertz CT molecular complexity index is 1030. The van der Waals surface area contributed by atoms with Gasteiger partial charge < -0.3 is 9.80 Å². The zero-order chi connectivity index (χ0) is 20.3. The van der Waals surface area contributed by atoms with Crippen LogP contribution >= 0.6 is 0 Å². The van der Waals surface area contributed by atoms with Gasteiger partial charge in [0.05, 0.1) is 5.69 Å². The Labute approximate surface area is 177 Å². The first-order valence-electron chi connectivity index (χ1n) is 10.8. The first-order chi connectivity index (χ1) is 14.8. The molecule has 2 aliphatic heterocycles. The number of fused-ring (bicyclic) bond motifs is 1. The van der Waals surface area contributed by atoms with Crippen molar-refractivity contribution >= 4 is 11.7 Å². The molecule has 0 N–H and O–H groups in total. The molecule has 5 nitrogen and oxygen atoms in total. The number of rotatable bonds is 3. The van der Waals surface area contributed by atoms with Crippen molar-refractivity contribution < 1.29 is 4.79 Å². The number of hydrogen-bond acceptors (Lipinski definition) is 4. The minimum Gasteiger partial charge on any atom is -0.356 e. The molecule has 2 aromatic carbocycles. The van der Waals surface area contributed by atoms with Gasteiger partial charge >= 0.3 is 0 Å². The first-order valence-corrected chi connectivity index (χ1v) is 10.8. The van der Waals surface area contributed by atoms with Gasteiger partial charge in [-0.3, -0.25) is 4.79 Å². The number of benzene rings is 2. The van der Waals surface area contributed by atoms with E-state index in [9.17, 15) is 4.79 Å². The minimum atomic E-state index is 0.113. The highest BCUT2D eigenvalue weighted by Crippen LogP contribution is 2.27. The second-order valence-corrected chi connectivity index (χ2v) is 8.17. The molecule has 0 bridgehead atoms. The van der Waals surface area contributed by atoms with Crippen molar-refractivity contribution in [2.45, 2.75) is 25.8 Å². The third-order valence-electron chi connectivity index (χ3n) is 6.33. The van der Waals surface area contributed by atoms with E-state index in [4.69, 9.17) is 0 Å². The molecule has 1 aromatic heterocycles. The predicted molar refractivity (Wildman–Crippen MR) is 118 cm³/mol. The maximum Gasteiger partial charge on any atom is 0.226 e. The average Bonchev–Trinajstić information content (AvgIpc) is 2.84. The SMILES string of the molecule is O=C(C1CCN(c2cc(-c3ccccc3)ncn2)CC1)N1CCc2ccccc2C1. The van der Waals surface area contributed by atoms with Gasteiger partial charge in [0, 0.05) is 43.7 Å². The summed E-state index contributed by atoms with van der Waals surface area (Å²) in [6.07, 6.45) is 4.35. The quantitative estimate of drug-likeness (QED) is 0.670. The molecule has 0 aliphatic carbocycles. The molecule has 1 amide bonds. The van der Waals surface area contributed by atoms with Crippen LogP contribution in [0.2, 0.25) is 0 Å². The molecule has 0 atom stereocenters. The Morgan fingerprint density at radius 3 is 2.40 bits per heavy atom. The molecule has 1 saturated heterocycles. The molecule has 0 spiro atoms. The standard InChI is InChI=1S/C25H26N4O/c30-25(29-15-10-19-6-4-5-9-22(19)17-29)21-11-13-28(14-12-21)24-16-23(26-18-27-24)20-7-2-1-3-8-20/h1-9,16,18,21H,10-15,17H2. The lowest BCUT2D eigenvalue weighted by atomic mass is 9.93. The van der Waals surface area contributed by atoms with Crippen LogP contribution in [0.15, 0.2) is 67.0 Å². The number of carbonyl (C=O) groups excluding carboxylic acids is 1. The molecule has 5 heteroatoms. The van der Waals surface area contributed by atoms with Crippen molar-refractivity contribution in [1.82, 2.24) is 14.9 Å². The van der Waals surface area contributed by atoms with Crippen LogP contribution in [-0.2, 0) is 17.8 Å². The Morgan fingerprint density at radius 1 is 0.867 bits per heavy atom. The Morgan fingerprint density at radius 2 is 1.60 bits per heavy atom. The van der Waals surface area contributed by atoms with E-state index in [0.717, 1.165) is 62.5 Å². The monoisotopic (exact) mass is 398 g/mol. The van der Waals surface area contributed by atoms with Gasteiger partial charge in [0.1, 0.15) is 12.1 Å². The Hall–Kier alpha value is -3.21. The largest absolute Gasteiger partial charge is 0.356 e. The number of piperidine rings is 1. The van der Waals surface area contributed by atoms with Crippen LogP contribution in [0, 0.1) is 5.92 Å². The lowest BCUT2D eigenvalue weighted by molar-refractivity contribution is -0.137. The summed E-state index contributed by atoms with van der Waals surface area (Å²) in [6, 6.07) is 20.7. The molecule has 0 saturated carbocycles. The maximum absolute atomic E-state index is 13.1. The van der Waals surface area contributed by atoms with Crippen molar-refractivity contribution in [3.63, 3.8) is 0 Å². The third kappa shape index (κ3) is 3.80. The fourth-order valence-corrected chi connectivity index (χ4v) is 4.58. The fourth-order valence-electron chi connectivity index (χ4n) is 4.58. The van der Waals surface area contributed by atoms with E-state index in [1.807, 2.05) is 18.2 Å². The van der Waals surface area contributed by atoms with Gasteiger partial charge in [0.25, 0.3) is 0 Å². The molecular weight excluding hydrogens is 372 g/mol. The number of aromatic nitrogens is 2. The Balaban J connectivity index is 1.22. The van der Waals surface area contributed by atoms with E-state index < -0.39 is 0 Å². The number of hydrogen-bond donors (Lipinski definition) is 0. The number of nitrogens with zero attached hydrogens (tertiary/aromatic N) is 4. The zero-order valence-electron chi connectivity index (χ0n) is 17.1. The van der Waals surface area contributed by atoms with Crippen LogP contribution in [0.1, 0.15) is 24.0 Å². The first kappa shape index (κ1) is 18.8.